The molecule has 1 aromatic rings. The van der Waals surface area contributed by atoms with Crippen LogP contribution in [0.5, 0.6) is 5.88 Å². The molecular formula is C9H13N3O2. The molecule has 0 bridgehead atoms. The van der Waals surface area contributed by atoms with Crippen molar-refractivity contribution in [2.45, 2.75) is 13.0 Å². The number of aryl methyl sites for hydroxylation is 1. The van der Waals surface area contributed by atoms with Crippen LogP contribution in [0.1, 0.15) is 16.9 Å². The number of hydrogen-bond donors (Lipinski definition) is 0. The van der Waals surface area contributed by atoms with Crippen LogP contribution < -0.4 is 4.74 Å². The molecule has 0 saturated heterocycles. The quantitative estimate of drug-likeness (QED) is 0.650. The first-order chi connectivity index (χ1) is 6.68. The second-order valence-electron chi connectivity index (χ2n) is 3.49. The third-order valence-electron chi connectivity index (χ3n) is 2.13. The number of carbonyl (C=O) groups is 1. The normalized spacial score (nSPS) is 14.4. The fraction of sp³-hybridized carbons (Fsp3) is 0.556. The zero-order valence-corrected chi connectivity index (χ0v) is 8.36. The Morgan fingerprint density at radius 1 is 1.64 bits per heavy atom. The lowest BCUT2D eigenvalue weighted by molar-refractivity contribution is 0.0821. The summed E-state index contributed by atoms with van der Waals surface area (Å²) < 4.78 is 7.10. The lowest BCUT2D eigenvalue weighted by Gasteiger charge is -2.13. The Labute approximate surface area is 82.3 Å². The summed E-state index contributed by atoms with van der Waals surface area (Å²) >= 11 is 0. The fourth-order valence-electron chi connectivity index (χ4n) is 1.40. The molecule has 0 spiro atoms. The lowest BCUT2D eigenvalue weighted by atomic mass is 10.4. The van der Waals surface area contributed by atoms with Gasteiger partial charge in [-0.05, 0) is 0 Å². The van der Waals surface area contributed by atoms with Gasteiger partial charge >= 0.3 is 0 Å². The minimum atomic E-state index is -0.0875. The molecule has 2 heterocycles. The number of nitrogens with zero attached hydrogens (tertiary/aromatic N) is 3. The monoisotopic (exact) mass is 195 g/mol. The summed E-state index contributed by atoms with van der Waals surface area (Å²) in [6.07, 6.45) is 0.949. The van der Waals surface area contributed by atoms with Crippen LogP contribution in [0.15, 0.2) is 6.07 Å². The van der Waals surface area contributed by atoms with Gasteiger partial charge < -0.3 is 9.64 Å². The molecular weight excluding hydrogens is 182 g/mol. The van der Waals surface area contributed by atoms with Gasteiger partial charge in [-0.1, -0.05) is 0 Å². The first-order valence-corrected chi connectivity index (χ1v) is 4.61. The number of aromatic nitrogens is 2. The highest BCUT2D eigenvalue weighted by Gasteiger charge is 2.18. The van der Waals surface area contributed by atoms with Crippen LogP contribution in [0.3, 0.4) is 0 Å². The van der Waals surface area contributed by atoms with Crippen LogP contribution in [-0.2, 0) is 6.54 Å². The highest BCUT2D eigenvalue weighted by Crippen LogP contribution is 2.18. The van der Waals surface area contributed by atoms with Crippen molar-refractivity contribution in [1.29, 1.82) is 0 Å². The summed E-state index contributed by atoms with van der Waals surface area (Å²) in [5, 5.41) is 4.17. The number of rotatable bonds is 1. The predicted molar refractivity (Wildman–Crippen MR) is 50.4 cm³/mol. The van der Waals surface area contributed by atoms with Gasteiger partial charge in [-0.25, -0.2) is 4.68 Å². The molecule has 0 radical (unpaired) electrons. The molecule has 2 rings (SSSR count). The molecule has 5 nitrogen and oxygen atoms in total. The van der Waals surface area contributed by atoms with Crippen molar-refractivity contribution in [3.63, 3.8) is 0 Å². The van der Waals surface area contributed by atoms with Gasteiger partial charge in [0.2, 0.25) is 5.88 Å². The minimum Gasteiger partial charge on any atom is -0.478 e. The molecule has 0 atom stereocenters. The van der Waals surface area contributed by atoms with Gasteiger partial charge in [-0.3, -0.25) is 4.79 Å². The number of fused-ring (bicyclic) bond motifs is 1. The molecule has 0 fully saturated rings. The molecule has 1 aliphatic heterocycles. The first-order valence-electron chi connectivity index (χ1n) is 4.61. The Balaban J connectivity index is 2.28. The summed E-state index contributed by atoms with van der Waals surface area (Å²) in [6, 6.07) is 1.70. The molecule has 0 N–H and O–H groups in total. The van der Waals surface area contributed by atoms with Crippen molar-refractivity contribution < 1.29 is 9.53 Å². The summed E-state index contributed by atoms with van der Waals surface area (Å²) in [4.78, 5) is 13.1. The van der Waals surface area contributed by atoms with E-state index < -0.39 is 0 Å². The molecule has 0 unspecified atom stereocenters. The number of ether oxygens (including phenoxy) is 1. The molecule has 1 amide bonds. The first kappa shape index (κ1) is 9.05. The number of amides is 1. The highest BCUT2D eigenvalue weighted by atomic mass is 16.5. The summed E-state index contributed by atoms with van der Waals surface area (Å²) in [6.45, 7) is 1.54. The smallest absolute Gasteiger partial charge is 0.273 e. The molecule has 14 heavy (non-hydrogen) atoms. The summed E-state index contributed by atoms with van der Waals surface area (Å²) in [5.41, 5.74) is 0.451. The molecule has 1 aliphatic rings. The average Bonchev–Trinajstić information content (AvgIpc) is 2.59. The van der Waals surface area contributed by atoms with Gasteiger partial charge in [0.05, 0.1) is 6.61 Å². The fourth-order valence-corrected chi connectivity index (χ4v) is 1.40. The van der Waals surface area contributed by atoms with Gasteiger partial charge in [-0.2, -0.15) is 5.10 Å². The van der Waals surface area contributed by atoms with E-state index in [2.05, 4.69) is 5.10 Å². The zero-order chi connectivity index (χ0) is 10.1. The van der Waals surface area contributed by atoms with Gasteiger partial charge in [0.15, 0.2) is 5.69 Å². The van der Waals surface area contributed by atoms with Crippen LogP contribution in [0.4, 0.5) is 0 Å². The molecule has 0 saturated carbocycles. The Morgan fingerprint density at radius 2 is 2.43 bits per heavy atom. The van der Waals surface area contributed by atoms with Crippen molar-refractivity contribution in [3.05, 3.63) is 11.8 Å². The van der Waals surface area contributed by atoms with Gasteiger partial charge in [0.25, 0.3) is 5.91 Å². The van der Waals surface area contributed by atoms with E-state index in [1.165, 1.54) is 4.90 Å². The Bertz CT molecular complexity index is 333. The third kappa shape index (κ3) is 1.45. The van der Waals surface area contributed by atoms with Crippen LogP contribution in [0.2, 0.25) is 0 Å². The largest absolute Gasteiger partial charge is 0.478 e. The lowest BCUT2D eigenvalue weighted by Crippen LogP contribution is -2.22. The van der Waals surface area contributed by atoms with Gasteiger partial charge in [-0.15, -0.1) is 0 Å². The second kappa shape index (κ2) is 3.32. The Hall–Kier alpha value is -1.52. The van der Waals surface area contributed by atoms with Crippen LogP contribution in [-0.4, -0.2) is 41.3 Å². The molecule has 1 aromatic heterocycles. The summed E-state index contributed by atoms with van der Waals surface area (Å²) in [7, 11) is 3.42. The molecule has 0 aromatic carbocycles. The van der Waals surface area contributed by atoms with E-state index >= 15 is 0 Å². The van der Waals surface area contributed by atoms with Crippen molar-refractivity contribution in [3.8, 4) is 5.88 Å². The maximum Gasteiger partial charge on any atom is 0.273 e. The number of carbonyl (C=O) groups excluding carboxylic acids is 1. The van der Waals surface area contributed by atoms with Crippen LogP contribution in [0, 0.1) is 0 Å². The van der Waals surface area contributed by atoms with Crippen LogP contribution in [0.25, 0.3) is 0 Å². The van der Waals surface area contributed by atoms with E-state index in [1.54, 1.807) is 24.8 Å². The predicted octanol–water partition coefficient (Wildman–Crippen LogP) is 0.367. The van der Waals surface area contributed by atoms with E-state index in [0.717, 1.165) is 13.0 Å². The maximum absolute atomic E-state index is 11.6. The average molecular weight is 195 g/mol. The molecule has 5 heteroatoms. The Morgan fingerprint density at radius 3 is 3.07 bits per heavy atom. The van der Waals surface area contributed by atoms with E-state index in [-0.39, 0.29) is 5.91 Å². The summed E-state index contributed by atoms with van der Waals surface area (Å²) in [5.74, 6) is 0.608. The maximum atomic E-state index is 11.6. The Kier molecular flexibility index (Phi) is 2.15. The van der Waals surface area contributed by atoms with Gasteiger partial charge in [0.1, 0.15) is 0 Å². The van der Waals surface area contributed by atoms with Gasteiger partial charge in [0, 0.05) is 33.1 Å². The molecule has 0 aliphatic carbocycles. The molecule has 76 valence electrons. The zero-order valence-electron chi connectivity index (χ0n) is 8.36. The number of hydrogen-bond acceptors (Lipinski definition) is 3. The third-order valence-corrected chi connectivity index (χ3v) is 2.13. The van der Waals surface area contributed by atoms with E-state index in [4.69, 9.17) is 4.74 Å². The minimum absolute atomic E-state index is 0.0875. The van der Waals surface area contributed by atoms with E-state index in [9.17, 15) is 4.79 Å². The topological polar surface area (TPSA) is 47.4 Å². The second-order valence-corrected chi connectivity index (χ2v) is 3.49. The van der Waals surface area contributed by atoms with Crippen molar-refractivity contribution >= 4 is 5.91 Å². The van der Waals surface area contributed by atoms with Crippen molar-refractivity contribution in [2.75, 3.05) is 20.7 Å². The SMILES string of the molecule is CN(C)C(=O)c1cc2n(n1)CCCO2. The highest BCUT2D eigenvalue weighted by molar-refractivity contribution is 5.92. The van der Waals surface area contributed by atoms with Crippen molar-refractivity contribution in [1.82, 2.24) is 14.7 Å². The van der Waals surface area contributed by atoms with E-state index in [0.29, 0.717) is 18.2 Å². The van der Waals surface area contributed by atoms with E-state index in [1.807, 2.05) is 0 Å². The van der Waals surface area contributed by atoms with Crippen LogP contribution >= 0.6 is 0 Å². The standard InChI is InChI=1S/C9H13N3O2/c1-11(2)9(13)7-6-8-12(10-7)4-3-5-14-8/h6H,3-5H2,1-2H3. The van der Waals surface area contributed by atoms with Crippen molar-refractivity contribution in [2.24, 2.45) is 0 Å².